The molecule has 3 aliphatic rings. The highest BCUT2D eigenvalue weighted by Gasteiger charge is 2.53. The Morgan fingerprint density at radius 3 is 2.65 bits per heavy atom. The first-order valence-corrected chi connectivity index (χ1v) is 11.7. The number of benzene rings is 1. The van der Waals surface area contributed by atoms with Crippen LogP contribution in [0, 0.1) is 12.8 Å². The van der Waals surface area contributed by atoms with Gasteiger partial charge in [0.1, 0.15) is 16.9 Å². The van der Waals surface area contributed by atoms with Crippen LogP contribution in [-0.2, 0) is 14.3 Å². The number of anilines is 1. The number of carbonyl (C=O) groups excluding carboxylic acids is 2. The predicted octanol–water partition coefficient (Wildman–Crippen LogP) is 4.14. The van der Waals surface area contributed by atoms with E-state index in [1.807, 2.05) is 31.2 Å². The second-order valence-corrected chi connectivity index (χ2v) is 9.41. The summed E-state index contributed by atoms with van der Waals surface area (Å²) in [4.78, 5) is 28.6. The van der Waals surface area contributed by atoms with E-state index in [4.69, 9.17) is 9.47 Å². The van der Waals surface area contributed by atoms with Gasteiger partial charge in [-0.1, -0.05) is 36.8 Å². The van der Waals surface area contributed by atoms with Crippen LogP contribution in [0.2, 0.25) is 0 Å². The lowest BCUT2D eigenvalue weighted by atomic mass is 9.77. The Labute approximate surface area is 185 Å². The molecular formula is C23H25N3O4S. The average Bonchev–Trinajstić information content (AvgIpc) is 3.34. The van der Waals surface area contributed by atoms with Crippen LogP contribution in [0.15, 0.2) is 35.6 Å². The third-order valence-electron chi connectivity index (χ3n) is 6.15. The molecule has 0 N–H and O–H groups in total. The molecule has 162 valence electrons. The predicted molar refractivity (Wildman–Crippen MR) is 116 cm³/mol. The molecule has 2 aliphatic heterocycles. The SMILES string of the molecule is CCCOc1ccc(C2C3=C(OC4CCCCC4C3=O)C(=O)N2c2nnc(C)s2)cc1. The Morgan fingerprint density at radius 2 is 1.94 bits per heavy atom. The molecule has 3 heterocycles. The van der Waals surface area contributed by atoms with Crippen molar-refractivity contribution in [1.29, 1.82) is 0 Å². The van der Waals surface area contributed by atoms with Gasteiger partial charge < -0.3 is 9.47 Å². The van der Waals surface area contributed by atoms with Crippen LogP contribution in [0.5, 0.6) is 5.75 Å². The average molecular weight is 440 g/mol. The molecular weight excluding hydrogens is 414 g/mol. The molecule has 0 spiro atoms. The first kappa shape index (κ1) is 20.2. The standard InChI is InChI=1S/C23H25N3O4S/c1-3-12-29-15-10-8-14(9-11-15)19-18-20(27)16-6-4-5-7-17(16)30-21(18)22(28)26(19)23-25-24-13(2)31-23/h8-11,16-17,19H,3-7,12H2,1-2H3. The van der Waals surface area contributed by atoms with Crippen molar-refractivity contribution in [1.82, 2.24) is 10.2 Å². The van der Waals surface area contributed by atoms with E-state index in [9.17, 15) is 9.59 Å². The number of fused-ring (bicyclic) bond motifs is 1. The number of hydrogen-bond acceptors (Lipinski definition) is 7. The summed E-state index contributed by atoms with van der Waals surface area (Å²) in [6.07, 6.45) is 4.38. The molecule has 31 heavy (non-hydrogen) atoms. The molecule has 3 unspecified atom stereocenters. The quantitative estimate of drug-likeness (QED) is 0.697. The topological polar surface area (TPSA) is 81.6 Å². The van der Waals surface area contributed by atoms with Gasteiger partial charge in [0.15, 0.2) is 11.5 Å². The van der Waals surface area contributed by atoms with E-state index in [-0.39, 0.29) is 29.5 Å². The van der Waals surface area contributed by atoms with Gasteiger partial charge in [0.25, 0.3) is 5.91 Å². The smallest absolute Gasteiger partial charge is 0.296 e. The Balaban J connectivity index is 1.58. The lowest BCUT2D eigenvalue weighted by molar-refractivity contribution is -0.131. The maximum atomic E-state index is 13.6. The first-order chi connectivity index (χ1) is 15.1. The van der Waals surface area contributed by atoms with E-state index in [0.717, 1.165) is 48.4 Å². The van der Waals surface area contributed by atoms with Gasteiger partial charge in [-0.05, 0) is 50.3 Å². The number of hydrogen-bond donors (Lipinski definition) is 0. The monoisotopic (exact) mass is 439 g/mol. The van der Waals surface area contributed by atoms with Crippen LogP contribution >= 0.6 is 11.3 Å². The van der Waals surface area contributed by atoms with Crippen molar-refractivity contribution in [2.45, 2.75) is 58.1 Å². The number of aryl methyl sites for hydroxylation is 1. The van der Waals surface area contributed by atoms with Crippen LogP contribution in [0.25, 0.3) is 0 Å². The highest BCUT2D eigenvalue weighted by Crippen LogP contribution is 2.48. The van der Waals surface area contributed by atoms with Gasteiger partial charge in [0, 0.05) is 0 Å². The second-order valence-electron chi connectivity index (χ2n) is 8.25. The molecule has 8 heteroatoms. The van der Waals surface area contributed by atoms with Crippen molar-refractivity contribution in [3.63, 3.8) is 0 Å². The van der Waals surface area contributed by atoms with Gasteiger partial charge in [-0.2, -0.15) is 0 Å². The Bertz CT molecular complexity index is 1050. The number of ketones is 1. The van der Waals surface area contributed by atoms with Crippen LogP contribution in [-0.4, -0.2) is 34.6 Å². The summed E-state index contributed by atoms with van der Waals surface area (Å²) in [5.74, 6) is 0.517. The van der Waals surface area contributed by atoms with E-state index in [1.165, 1.54) is 11.3 Å². The normalized spacial score (nSPS) is 25.4. The van der Waals surface area contributed by atoms with E-state index >= 15 is 0 Å². The third-order valence-corrected chi connectivity index (χ3v) is 6.99. The van der Waals surface area contributed by atoms with Crippen LogP contribution in [0.4, 0.5) is 5.13 Å². The summed E-state index contributed by atoms with van der Waals surface area (Å²) in [5.41, 5.74) is 1.30. The lowest BCUT2D eigenvalue weighted by Gasteiger charge is -2.35. The van der Waals surface area contributed by atoms with E-state index in [0.29, 0.717) is 17.3 Å². The van der Waals surface area contributed by atoms with Crippen molar-refractivity contribution >= 4 is 28.2 Å². The molecule has 1 saturated carbocycles. The molecule has 0 radical (unpaired) electrons. The zero-order valence-electron chi connectivity index (χ0n) is 17.7. The molecule has 1 aromatic heterocycles. The molecule has 1 amide bonds. The number of ether oxygens (including phenoxy) is 2. The van der Waals surface area contributed by atoms with Gasteiger partial charge >= 0.3 is 0 Å². The Hall–Kier alpha value is -2.74. The highest BCUT2D eigenvalue weighted by atomic mass is 32.1. The third kappa shape index (κ3) is 3.43. The minimum atomic E-state index is -0.564. The number of Topliss-reactive ketones (excluding diaryl/α,β-unsaturated/α-hetero) is 1. The summed E-state index contributed by atoms with van der Waals surface area (Å²) in [6, 6.07) is 7.04. The maximum Gasteiger partial charge on any atom is 0.296 e. The fourth-order valence-corrected chi connectivity index (χ4v) is 5.42. The van der Waals surface area contributed by atoms with E-state index in [2.05, 4.69) is 17.1 Å². The molecule has 7 nitrogen and oxygen atoms in total. The molecule has 1 aromatic carbocycles. The van der Waals surface area contributed by atoms with Crippen molar-refractivity contribution in [2.24, 2.45) is 5.92 Å². The van der Waals surface area contributed by atoms with Gasteiger partial charge in [0.2, 0.25) is 5.13 Å². The zero-order valence-corrected chi connectivity index (χ0v) is 18.5. The molecule has 3 atom stereocenters. The fraction of sp³-hybridized carbons (Fsp3) is 0.478. The Kier molecular flexibility index (Phi) is 5.25. The number of aromatic nitrogens is 2. The van der Waals surface area contributed by atoms with Gasteiger partial charge in [-0.3, -0.25) is 14.5 Å². The minimum absolute atomic E-state index is 0.0411. The number of amides is 1. The minimum Gasteiger partial charge on any atom is -0.494 e. The summed E-state index contributed by atoms with van der Waals surface area (Å²) >= 11 is 1.34. The van der Waals surface area contributed by atoms with Gasteiger partial charge in [-0.15, -0.1) is 10.2 Å². The Morgan fingerprint density at radius 1 is 1.16 bits per heavy atom. The van der Waals surface area contributed by atoms with E-state index < -0.39 is 6.04 Å². The van der Waals surface area contributed by atoms with Crippen molar-refractivity contribution in [3.05, 3.63) is 46.2 Å². The van der Waals surface area contributed by atoms with Gasteiger partial charge in [0.05, 0.1) is 24.1 Å². The van der Waals surface area contributed by atoms with Crippen LogP contribution < -0.4 is 9.64 Å². The van der Waals surface area contributed by atoms with Gasteiger partial charge in [-0.25, -0.2) is 0 Å². The summed E-state index contributed by atoms with van der Waals surface area (Å²) in [7, 11) is 0. The molecule has 1 aliphatic carbocycles. The number of carbonyl (C=O) groups is 2. The van der Waals surface area contributed by atoms with Crippen molar-refractivity contribution in [2.75, 3.05) is 11.5 Å². The maximum absolute atomic E-state index is 13.6. The zero-order chi connectivity index (χ0) is 21.5. The molecule has 5 rings (SSSR count). The molecule has 2 aromatic rings. The molecule has 0 saturated heterocycles. The molecule has 0 bridgehead atoms. The lowest BCUT2D eigenvalue weighted by Crippen LogP contribution is -2.39. The largest absolute Gasteiger partial charge is 0.494 e. The highest BCUT2D eigenvalue weighted by molar-refractivity contribution is 7.15. The van der Waals surface area contributed by atoms with E-state index in [1.54, 1.807) is 4.90 Å². The first-order valence-electron chi connectivity index (χ1n) is 10.9. The van der Waals surface area contributed by atoms with Crippen molar-refractivity contribution in [3.8, 4) is 5.75 Å². The summed E-state index contributed by atoms with van der Waals surface area (Å²) in [6.45, 7) is 4.55. The van der Waals surface area contributed by atoms with Crippen LogP contribution in [0.1, 0.15) is 55.6 Å². The summed E-state index contributed by atoms with van der Waals surface area (Å²) in [5, 5.41) is 9.54. The van der Waals surface area contributed by atoms with Crippen LogP contribution in [0.3, 0.4) is 0 Å². The number of nitrogens with zero attached hydrogens (tertiary/aromatic N) is 3. The second kappa shape index (κ2) is 8.07. The summed E-state index contributed by atoms with van der Waals surface area (Å²) < 4.78 is 11.9. The number of rotatable bonds is 5. The van der Waals surface area contributed by atoms with Crippen molar-refractivity contribution < 1.29 is 19.1 Å². The fourth-order valence-electron chi connectivity index (χ4n) is 4.71. The molecule has 1 fully saturated rings.